The Bertz CT molecular complexity index is 609. The highest BCUT2D eigenvalue weighted by Crippen LogP contribution is 2.20. The summed E-state index contributed by atoms with van der Waals surface area (Å²) in [7, 11) is 1.96. The molecule has 4 heteroatoms. The van der Waals surface area contributed by atoms with E-state index >= 15 is 0 Å². The SMILES string of the molecule is CC1CCN(C(=O)c2cnc3c(ccn3C)c2)CC1. The average molecular weight is 257 g/mol. The first-order valence-corrected chi connectivity index (χ1v) is 6.85. The van der Waals surface area contributed by atoms with Crippen LogP contribution in [0.15, 0.2) is 24.5 Å². The van der Waals surface area contributed by atoms with Gasteiger partial charge in [-0.25, -0.2) is 4.98 Å². The zero-order valence-electron chi connectivity index (χ0n) is 11.5. The van der Waals surface area contributed by atoms with Gasteiger partial charge in [0.05, 0.1) is 5.56 Å². The second-order valence-electron chi connectivity index (χ2n) is 5.54. The van der Waals surface area contributed by atoms with E-state index in [1.807, 2.05) is 34.8 Å². The molecule has 0 radical (unpaired) electrons. The molecular formula is C15H19N3O. The first kappa shape index (κ1) is 12.2. The van der Waals surface area contributed by atoms with Crippen molar-refractivity contribution < 1.29 is 4.79 Å². The predicted molar refractivity (Wildman–Crippen MR) is 75.0 cm³/mol. The number of carbonyl (C=O) groups excluding carboxylic acids is 1. The van der Waals surface area contributed by atoms with Gasteiger partial charge in [0.1, 0.15) is 5.65 Å². The summed E-state index contributed by atoms with van der Waals surface area (Å²) in [5.41, 5.74) is 1.62. The molecule has 4 nitrogen and oxygen atoms in total. The molecule has 1 amide bonds. The van der Waals surface area contributed by atoms with Crippen LogP contribution in [0.4, 0.5) is 0 Å². The highest BCUT2D eigenvalue weighted by Gasteiger charge is 2.21. The van der Waals surface area contributed by atoms with Crippen molar-refractivity contribution in [3.63, 3.8) is 0 Å². The number of aromatic nitrogens is 2. The molecule has 19 heavy (non-hydrogen) atoms. The fraction of sp³-hybridized carbons (Fsp3) is 0.467. The quantitative estimate of drug-likeness (QED) is 0.787. The number of hydrogen-bond donors (Lipinski definition) is 0. The Morgan fingerprint density at radius 1 is 1.37 bits per heavy atom. The summed E-state index contributed by atoms with van der Waals surface area (Å²) >= 11 is 0. The minimum Gasteiger partial charge on any atom is -0.339 e. The monoisotopic (exact) mass is 257 g/mol. The molecule has 1 saturated heterocycles. The Morgan fingerprint density at radius 2 is 2.11 bits per heavy atom. The van der Waals surface area contributed by atoms with Gasteiger partial charge in [0, 0.05) is 37.9 Å². The number of carbonyl (C=O) groups is 1. The summed E-state index contributed by atoms with van der Waals surface area (Å²) in [6, 6.07) is 3.94. The number of fused-ring (bicyclic) bond motifs is 1. The van der Waals surface area contributed by atoms with Gasteiger partial charge in [-0.15, -0.1) is 0 Å². The van der Waals surface area contributed by atoms with Crippen LogP contribution >= 0.6 is 0 Å². The number of nitrogens with zero attached hydrogens (tertiary/aromatic N) is 3. The van der Waals surface area contributed by atoms with Crippen LogP contribution < -0.4 is 0 Å². The topological polar surface area (TPSA) is 38.1 Å². The Balaban J connectivity index is 1.85. The number of hydrogen-bond acceptors (Lipinski definition) is 2. The Morgan fingerprint density at radius 3 is 2.84 bits per heavy atom. The predicted octanol–water partition coefficient (Wildman–Crippen LogP) is 2.45. The molecule has 0 N–H and O–H groups in total. The van der Waals surface area contributed by atoms with E-state index < -0.39 is 0 Å². The minimum absolute atomic E-state index is 0.116. The number of piperidine rings is 1. The third-order valence-corrected chi connectivity index (χ3v) is 4.02. The number of rotatable bonds is 1. The third kappa shape index (κ3) is 2.23. The second kappa shape index (κ2) is 4.68. The number of aryl methyl sites for hydroxylation is 1. The van der Waals surface area contributed by atoms with Gasteiger partial charge in [-0.1, -0.05) is 6.92 Å². The molecule has 0 saturated carbocycles. The largest absolute Gasteiger partial charge is 0.339 e. The second-order valence-corrected chi connectivity index (χ2v) is 5.54. The van der Waals surface area contributed by atoms with Gasteiger partial charge in [-0.2, -0.15) is 0 Å². The zero-order chi connectivity index (χ0) is 13.4. The fourth-order valence-corrected chi connectivity index (χ4v) is 2.67. The van der Waals surface area contributed by atoms with Crippen molar-refractivity contribution in [1.29, 1.82) is 0 Å². The van der Waals surface area contributed by atoms with Crippen molar-refractivity contribution in [2.45, 2.75) is 19.8 Å². The van der Waals surface area contributed by atoms with Crippen molar-refractivity contribution in [2.75, 3.05) is 13.1 Å². The molecule has 100 valence electrons. The van der Waals surface area contributed by atoms with Gasteiger partial charge >= 0.3 is 0 Å². The van der Waals surface area contributed by atoms with Crippen molar-refractivity contribution in [1.82, 2.24) is 14.5 Å². The molecule has 3 heterocycles. The lowest BCUT2D eigenvalue weighted by Gasteiger charge is -2.30. The Labute approximate surface area is 113 Å². The van der Waals surface area contributed by atoms with E-state index in [1.165, 1.54) is 0 Å². The lowest BCUT2D eigenvalue weighted by molar-refractivity contribution is 0.0697. The summed E-state index contributed by atoms with van der Waals surface area (Å²) in [5.74, 6) is 0.851. The highest BCUT2D eigenvalue weighted by molar-refractivity contribution is 5.97. The van der Waals surface area contributed by atoms with E-state index in [0.717, 1.165) is 42.9 Å². The molecule has 0 bridgehead atoms. The third-order valence-electron chi connectivity index (χ3n) is 4.02. The number of likely N-dealkylation sites (tertiary alicyclic amines) is 1. The fourth-order valence-electron chi connectivity index (χ4n) is 2.67. The molecule has 2 aromatic heterocycles. The van der Waals surface area contributed by atoms with Gasteiger partial charge in [0.15, 0.2) is 0 Å². The van der Waals surface area contributed by atoms with Crippen LogP contribution in [0.5, 0.6) is 0 Å². The number of amides is 1. The molecule has 3 rings (SSSR count). The van der Waals surface area contributed by atoms with E-state index in [9.17, 15) is 4.79 Å². The van der Waals surface area contributed by atoms with E-state index in [-0.39, 0.29) is 5.91 Å². The molecule has 0 aromatic carbocycles. The summed E-state index contributed by atoms with van der Waals surface area (Å²) < 4.78 is 1.96. The number of pyridine rings is 1. The van der Waals surface area contributed by atoms with Crippen LogP contribution in [0.2, 0.25) is 0 Å². The maximum atomic E-state index is 12.4. The van der Waals surface area contributed by atoms with Crippen LogP contribution in [0.25, 0.3) is 11.0 Å². The van der Waals surface area contributed by atoms with Crippen LogP contribution in [0.1, 0.15) is 30.1 Å². The highest BCUT2D eigenvalue weighted by atomic mass is 16.2. The molecule has 1 aliphatic rings. The van der Waals surface area contributed by atoms with Gasteiger partial charge in [0.2, 0.25) is 0 Å². The lowest BCUT2D eigenvalue weighted by Crippen LogP contribution is -2.37. The molecule has 0 atom stereocenters. The molecule has 1 aliphatic heterocycles. The normalized spacial score (nSPS) is 17.1. The van der Waals surface area contributed by atoms with Crippen molar-refractivity contribution in [2.24, 2.45) is 13.0 Å². The molecule has 2 aromatic rings. The van der Waals surface area contributed by atoms with Crippen LogP contribution in [-0.4, -0.2) is 33.4 Å². The van der Waals surface area contributed by atoms with Gasteiger partial charge in [0.25, 0.3) is 5.91 Å². The first-order valence-electron chi connectivity index (χ1n) is 6.85. The average Bonchev–Trinajstić information content (AvgIpc) is 2.80. The van der Waals surface area contributed by atoms with Crippen molar-refractivity contribution in [3.05, 3.63) is 30.1 Å². The van der Waals surface area contributed by atoms with E-state index in [2.05, 4.69) is 11.9 Å². The van der Waals surface area contributed by atoms with Crippen molar-refractivity contribution >= 4 is 16.9 Å². The van der Waals surface area contributed by atoms with Gasteiger partial charge < -0.3 is 9.47 Å². The maximum absolute atomic E-state index is 12.4. The van der Waals surface area contributed by atoms with E-state index in [4.69, 9.17) is 0 Å². The molecular weight excluding hydrogens is 238 g/mol. The Hall–Kier alpha value is -1.84. The minimum atomic E-state index is 0.116. The molecule has 0 unspecified atom stereocenters. The first-order chi connectivity index (χ1) is 9.15. The van der Waals surface area contributed by atoms with Gasteiger partial charge in [-0.3, -0.25) is 4.79 Å². The summed E-state index contributed by atoms with van der Waals surface area (Å²) in [6.45, 7) is 3.99. The molecule has 1 fully saturated rings. The lowest BCUT2D eigenvalue weighted by atomic mass is 9.99. The van der Waals surface area contributed by atoms with Gasteiger partial charge in [-0.05, 0) is 30.9 Å². The molecule has 0 aliphatic carbocycles. The standard InChI is InChI=1S/C15H19N3O/c1-11-3-7-18(8-4-11)15(19)13-9-12-5-6-17(2)14(12)16-10-13/h5-6,9-11H,3-4,7-8H2,1-2H3. The maximum Gasteiger partial charge on any atom is 0.255 e. The molecule has 0 spiro atoms. The Kier molecular flexibility index (Phi) is 3.01. The summed E-state index contributed by atoms with van der Waals surface area (Å²) in [5, 5.41) is 1.03. The summed E-state index contributed by atoms with van der Waals surface area (Å²) in [6.07, 6.45) is 5.87. The van der Waals surface area contributed by atoms with Crippen LogP contribution in [0.3, 0.4) is 0 Å². The van der Waals surface area contributed by atoms with E-state index in [1.54, 1.807) is 6.20 Å². The summed E-state index contributed by atoms with van der Waals surface area (Å²) in [4.78, 5) is 18.8. The van der Waals surface area contributed by atoms with E-state index in [0.29, 0.717) is 5.56 Å². The van der Waals surface area contributed by atoms with Crippen LogP contribution in [-0.2, 0) is 7.05 Å². The van der Waals surface area contributed by atoms with Crippen LogP contribution in [0, 0.1) is 5.92 Å². The van der Waals surface area contributed by atoms with Crippen molar-refractivity contribution in [3.8, 4) is 0 Å². The smallest absolute Gasteiger partial charge is 0.255 e. The zero-order valence-corrected chi connectivity index (χ0v) is 11.5.